The van der Waals surface area contributed by atoms with Crippen molar-refractivity contribution < 1.29 is 35.2 Å². The first kappa shape index (κ1) is 17.9. The summed E-state index contributed by atoms with van der Waals surface area (Å²) >= 11 is 3.18. The standard InChI is InChI=1S/C13H12BrF3O5S/c1-12(2)6-11(22-23(18,19)13(15,16)17)7-4-8(14)10(20-3)5-9(7)21-12/h4-6H,1-3H3. The molecule has 0 amide bonds. The van der Waals surface area contributed by atoms with E-state index in [1.54, 1.807) is 13.8 Å². The molecule has 5 nitrogen and oxygen atoms in total. The van der Waals surface area contributed by atoms with E-state index >= 15 is 0 Å². The molecule has 1 aliphatic rings. The van der Waals surface area contributed by atoms with E-state index in [0.29, 0.717) is 10.2 Å². The molecular weight excluding hydrogens is 405 g/mol. The van der Waals surface area contributed by atoms with Gasteiger partial charge in [0.1, 0.15) is 17.1 Å². The van der Waals surface area contributed by atoms with Gasteiger partial charge in [0, 0.05) is 12.1 Å². The zero-order valence-corrected chi connectivity index (χ0v) is 14.6. The van der Waals surface area contributed by atoms with Crippen molar-refractivity contribution in [1.82, 2.24) is 0 Å². The van der Waals surface area contributed by atoms with Crippen molar-refractivity contribution in [2.45, 2.75) is 25.0 Å². The summed E-state index contributed by atoms with van der Waals surface area (Å²) in [6.45, 7) is 3.10. The van der Waals surface area contributed by atoms with E-state index in [1.807, 2.05) is 0 Å². The maximum absolute atomic E-state index is 12.6. The number of hydrogen-bond acceptors (Lipinski definition) is 5. The summed E-state index contributed by atoms with van der Waals surface area (Å²) in [5, 5.41) is 0. The minimum Gasteiger partial charge on any atom is -0.495 e. The van der Waals surface area contributed by atoms with Gasteiger partial charge < -0.3 is 13.7 Å². The minimum absolute atomic E-state index is 0.0600. The molecular formula is C13H12BrF3O5S. The number of methoxy groups -OCH3 is 1. The van der Waals surface area contributed by atoms with E-state index in [4.69, 9.17) is 9.47 Å². The van der Waals surface area contributed by atoms with E-state index in [9.17, 15) is 21.6 Å². The fourth-order valence-electron chi connectivity index (χ4n) is 1.91. The second kappa shape index (κ2) is 5.59. The highest BCUT2D eigenvalue weighted by Crippen LogP contribution is 2.43. The molecule has 0 radical (unpaired) electrons. The van der Waals surface area contributed by atoms with Crippen LogP contribution in [0.15, 0.2) is 22.7 Å². The van der Waals surface area contributed by atoms with Crippen LogP contribution >= 0.6 is 15.9 Å². The third-order valence-electron chi connectivity index (χ3n) is 2.85. The first-order chi connectivity index (χ1) is 10.4. The van der Waals surface area contributed by atoms with Crippen LogP contribution in [-0.4, -0.2) is 26.6 Å². The Hall–Kier alpha value is -1.42. The van der Waals surface area contributed by atoms with Crippen molar-refractivity contribution in [1.29, 1.82) is 0 Å². The molecule has 1 heterocycles. The highest BCUT2D eigenvalue weighted by Gasteiger charge is 2.49. The molecule has 10 heteroatoms. The molecule has 0 fully saturated rings. The van der Waals surface area contributed by atoms with Gasteiger partial charge in [0.2, 0.25) is 0 Å². The third-order valence-corrected chi connectivity index (χ3v) is 4.44. The normalized spacial score (nSPS) is 16.9. The van der Waals surface area contributed by atoms with Gasteiger partial charge in [0.25, 0.3) is 0 Å². The molecule has 0 spiro atoms. The monoisotopic (exact) mass is 416 g/mol. The van der Waals surface area contributed by atoms with Crippen molar-refractivity contribution in [3.05, 3.63) is 28.2 Å². The van der Waals surface area contributed by atoms with Gasteiger partial charge in [0.05, 0.1) is 17.1 Å². The van der Waals surface area contributed by atoms with Crippen molar-refractivity contribution in [3.8, 4) is 11.5 Å². The number of rotatable bonds is 3. The zero-order valence-electron chi connectivity index (χ0n) is 12.2. The van der Waals surface area contributed by atoms with Gasteiger partial charge in [-0.1, -0.05) is 0 Å². The maximum Gasteiger partial charge on any atom is 0.534 e. The number of hydrogen-bond donors (Lipinski definition) is 0. The summed E-state index contributed by atoms with van der Waals surface area (Å²) in [6.07, 6.45) is 1.16. The van der Waals surface area contributed by atoms with Crippen LogP contribution in [0, 0.1) is 0 Å². The Bertz CT molecular complexity index is 769. The third kappa shape index (κ3) is 3.57. The van der Waals surface area contributed by atoms with E-state index in [2.05, 4.69) is 20.1 Å². The molecule has 23 heavy (non-hydrogen) atoms. The Kier molecular flexibility index (Phi) is 4.35. The molecule has 0 aliphatic carbocycles. The first-order valence-corrected chi connectivity index (χ1v) is 8.37. The first-order valence-electron chi connectivity index (χ1n) is 6.17. The number of benzene rings is 1. The van der Waals surface area contributed by atoms with E-state index < -0.39 is 27.0 Å². The van der Waals surface area contributed by atoms with Crippen LogP contribution < -0.4 is 9.47 Å². The van der Waals surface area contributed by atoms with Gasteiger partial charge in [-0.05, 0) is 35.8 Å². The maximum atomic E-state index is 12.6. The van der Waals surface area contributed by atoms with E-state index in [-0.39, 0.29) is 11.3 Å². The van der Waals surface area contributed by atoms with Crippen LogP contribution in [0.25, 0.3) is 5.76 Å². The molecule has 128 valence electrons. The fraction of sp³-hybridized carbons (Fsp3) is 0.385. The van der Waals surface area contributed by atoms with Crippen molar-refractivity contribution >= 4 is 31.8 Å². The quantitative estimate of drug-likeness (QED) is 0.553. The van der Waals surface area contributed by atoms with Crippen LogP contribution in [-0.2, 0) is 14.3 Å². The summed E-state index contributed by atoms with van der Waals surface area (Å²) in [5.41, 5.74) is -6.53. The van der Waals surface area contributed by atoms with Gasteiger partial charge in [0.15, 0.2) is 5.76 Å². The molecule has 0 aromatic heterocycles. The SMILES string of the molecule is COc1cc2c(cc1Br)C(OS(=O)(=O)C(F)(F)F)=CC(C)(C)O2. The Labute approximate surface area is 139 Å². The van der Waals surface area contributed by atoms with Crippen LogP contribution in [0.2, 0.25) is 0 Å². The fourth-order valence-corrected chi connectivity index (χ4v) is 2.88. The Balaban J connectivity index is 2.56. The van der Waals surface area contributed by atoms with Crippen LogP contribution in [0.4, 0.5) is 13.2 Å². The largest absolute Gasteiger partial charge is 0.534 e. The Morgan fingerprint density at radius 3 is 2.39 bits per heavy atom. The van der Waals surface area contributed by atoms with Crippen molar-refractivity contribution in [2.24, 2.45) is 0 Å². The average molecular weight is 417 g/mol. The highest BCUT2D eigenvalue weighted by molar-refractivity contribution is 9.10. The molecule has 0 saturated heterocycles. The number of alkyl halides is 3. The van der Waals surface area contributed by atoms with Crippen LogP contribution in [0.1, 0.15) is 19.4 Å². The number of fused-ring (bicyclic) bond motifs is 1. The van der Waals surface area contributed by atoms with Gasteiger partial charge >= 0.3 is 15.6 Å². The topological polar surface area (TPSA) is 61.8 Å². The van der Waals surface area contributed by atoms with Gasteiger partial charge in [-0.3, -0.25) is 0 Å². The van der Waals surface area contributed by atoms with Crippen LogP contribution in [0.5, 0.6) is 11.5 Å². The highest BCUT2D eigenvalue weighted by atomic mass is 79.9. The molecule has 0 N–H and O–H groups in total. The lowest BCUT2D eigenvalue weighted by molar-refractivity contribution is -0.0510. The summed E-state index contributed by atoms with van der Waals surface area (Å²) < 4.78 is 75.6. The lowest BCUT2D eigenvalue weighted by atomic mass is 10.0. The predicted octanol–water partition coefficient (Wildman–Crippen LogP) is 3.84. The lowest BCUT2D eigenvalue weighted by Gasteiger charge is -2.31. The Morgan fingerprint density at radius 2 is 1.87 bits per heavy atom. The summed E-state index contributed by atoms with van der Waals surface area (Å²) in [4.78, 5) is 0. The van der Waals surface area contributed by atoms with Gasteiger partial charge in [-0.2, -0.15) is 21.6 Å². The summed E-state index contributed by atoms with van der Waals surface area (Å²) in [7, 11) is -4.38. The van der Waals surface area contributed by atoms with E-state index in [0.717, 1.165) is 6.08 Å². The molecule has 2 rings (SSSR count). The average Bonchev–Trinajstić information content (AvgIpc) is 2.36. The van der Waals surface area contributed by atoms with Gasteiger partial charge in [-0.25, -0.2) is 0 Å². The molecule has 0 saturated carbocycles. The minimum atomic E-state index is -5.79. The van der Waals surface area contributed by atoms with Crippen molar-refractivity contribution in [2.75, 3.05) is 7.11 Å². The van der Waals surface area contributed by atoms with Crippen molar-refractivity contribution in [3.63, 3.8) is 0 Å². The molecule has 0 bridgehead atoms. The summed E-state index contributed by atoms with van der Waals surface area (Å²) in [6, 6.07) is 2.79. The molecule has 1 aromatic carbocycles. The summed E-state index contributed by atoms with van der Waals surface area (Å²) in [5.74, 6) is 0.0568. The molecule has 0 atom stereocenters. The number of halogens is 4. The van der Waals surface area contributed by atoms with Crippen LogP contribution in [0.3, 0.4) is 0 Å². The zero-order chi connectivity index (χ0) is 17.6. The predicted molar refractivity (Wildman–Crippen MR) is 79.4 cm³/mol. The molecule has 0 unspecified atom stereocenters. The lowest BCUT2D eigenvalue weighted by Crippen LogP contribution is -2.31. The van der Waals surface area contributed by atoms with Gasteiger partial charge in [-0.15, -0.1) is 0 Å². The Morgan fingerprint density at radius 1 is 1.26 bits per heavy atom. The molecule has 1 aliphatic heterocycles. The number of ether oxygens (including phenoxy) is 2. The second-order valence-electron chi connectivity index (χ2n) is 5.18. The van der Waals surface area contributed by atoms with E-state index in [1.165, 1.54) is 19.2 Å². The smallest absolute Gasteiger partial charge is 0.495 e. The second-order valence-corrected chi connectivity index (χ2v) is 7.57. The molecule has 1 aromatic rings.